The molecule has 0 atom stereocenters. The summed E-state index contributed by atoms with van der Waals surface area (Å²) in [6.45, 7) is 0. The predicted octanol–water partition coefficient (Wildman–Crippen LogP) is 1.85. The number of Topliss-reactive ketones (excluding diaryl/α,β-unsaturated/α-hetero) is 1. The van der Waals surface area contributed by atoms with Crippen LogP contribution >= 0.6 is 0 Å². The highest BCUT2D eigenvalue weighted by molar-refractivity contribution is 6.51. The number of anilines is 1. The summed E-state index contributed by atoms with van der Waals surface area (Å²) in [5.74, 6) is -1.27. The zero-order chi connectivity index (χ0) is 15.0. The van der Waals surface area contributed by atoms with Crippen LogP contribution in [-0.4, -0.2) is 24.6 Å². The molecule has 1 heterocycles. The molecule has 0 saturated heterocycles. The number of hydrogen-bond acceptors (Lipinski definition) is 3. The molecule has 2 N–H and O–H groups in total. The van der Waals surface area contributed by atoms with E-state index in [4.69, 9.17) is 0 Å². The molecular formula is C16H12N2O3. The van der Waals surface area contributed by atoms with Crippen LogP contribution in [0.25, 0.3) is 11.1 Å². The number of fused-ring (bicyclic) bond motifs is 1. The van der Waals surface area contributed by atoms with Gasteiger partial charge in [0.15, 0.2) is 0 Å². The molecule has 2 amide bonds. The molecule has 0 bridgehead atoms. The molecule has 2 aromatic rings. The highest BCUT2D eigenvalue weighted by atomic mass is 16.2. The van der Waals surface area contributed by atoms with Gasteiger partial charge in [0.25, 0.3) is 17.6 Å². The largest absolute Gasteiger partial charge is 0.355 e. The minimum atomic E-state index is -0.600. The van der Waals surface area contributed by atoms with Crippen LogP contribution in [0, 0.1) is 0 Å². The Morgan fingerprint density at radius 2 is 1.67 bits per heavy atom. The average Bonchev–Trinajstić information content (AvgIpc) is 2.81. The molecule has 0 unspecified atom stereocenters. The molecule has 104 valence electrons. The van der Waals surface area contributed by atoms with Crippen molar-refractivity contribution in [2.45, 2.75) is 0 Å². The van der Waals surface area contributed by atoms with Gasteiger partial charge >= 0.3 is 0 Å². The third kappa shape index (κ3) is 2.18. The minimum absolute atomic E-state index is 0.152. The third-order valence-corrected chi connectivity index (χ3v) is 3.43. The summed E-state index contributed by atoms with van der Waals surface area (Å²) in [6, 6.07) is 12.3. The van der Waals surface area contributed by atoms with Crippen molar-refractivity contribution >= 4 is 23.3 Å². The number of ketones is 1. The Balaban J connectivity index is 1.97. The quantitative estimate of drug-likeness (QED) is 0.824. The van der Waals surface area contributed by atoms with Crippen molar-refractivity contribution in [1.82, 2.24) is 5.32 Å². The topological polar surface area (TPSA) is 75.3 Å². The first-order valence-electron chi connectivity index (χ1n) is 6.42. The summed E-state index contributed by atoms with van der Waals surface area (Å²) in [5, 5.41) is 5.07. The van der Waals surface area contributed by atoms with Gasteiger partial charge in [0.05, 0.1) is 11.3 Å². The zero-order valence-corrected chi connectivity index (χ0v) is 11.3. The summed E-state index contributed by atoms with van der Waals surface area (Å²) in [7, 11) is 1.58. The van der Waals surface area contributed by atoms with Gasteiger partial charge < -0.3 is 10.6 Å². The summed E-state index contributed by atoms with van der Waals surface area (Å²) in [6.07, 6.45) is 0. The number of carbonyl (C=O) groups excluding carboxylic acids is 3. The van der Waals surface area contributed by atoms with Crippen LogP contribution in [-0.2, 0) is 4.79 Å². The lowest BCUT2D eigenvalue weighted by Crippen LogP contribution is -2.17. The third-order valence-electron chi connectivity index (χ3n) is 3.43. The SMILES string of the molecule is CNC(=O)c1ccc(-c2ccc3c(c2)C(=O)C(=O)N3)cc1. The minimum Gasteiger partial charge on any atom is -0.355 e. The van der Waals surface area contributed by atoms with Crippen LogP contribution < -0.4 is 10.6 Å². The Labute approximate surface area is 121 Å². The fourth-order valence-electron chi connectivity index (χ4n) is 2.28. The number of nitrogens with one attached hydrogen (secondary N) is 2. The molecule has 5 nitrogen and oxygen atoms in total. The molecule has 3 rings (SSSR count). The molecular weight excluding hydrogens is 268 g/mol. The van der Waals surface area contributed by atoms with Crippen molar-refractivity contribution in [1.29, 1.82) is 0 Å². The summed E-state index contributed by atoms with van der Waals surface area (Å²) in [5.41, 5.74) is 3.18. The van der Waals surface area contributed by atoms with Crippen molar-refractivity contribution in [3.63, 3.8) is 0 Å². The van der Waals surface area contributed by atoms with Crippen molar-refractivity contribution in [3.05, 3.63) is 53.6 Å². The van der Waals surface area contributed by atoms with E-state index in [9.17, 15) is 14.4 Å². The van der Waals surface area contributed by atoms with E-state index < -0.39 is 11.7 Å². The zero-order valence-electron chi connectivity index (χ0n) is 11.3. The molecule has 0 radical (unpaired) electrons. The maximum Gasteiger partial charge on any atom is 0.296 e. The number of hydrogen-bond donors (Lipinski definition) is 2. The van der Waals surface area contributed by atoms with Crippen molar-refractivity contribution in [3.8, 4) is 11.1 Å². The van der Waals surface area contributed by atoms with E-state index in [0.29, 0.717) is 16.8 Å². The lowest BCUT2D eigenvalue weighted by molar-refractivity contribution is -0.112. The number of benzene rings is 2. The number of amides is 2. The molecule has 0 aromatic heterocycles. The van der Waals surface area contributed by atoms with Crippen LogP contribution in [0.5, 0.6) is 0 Å². The standard InChI is InChI=1S/C16H12N2O3/c1-17-15(20)10-4-2-9(3-5-10)11-6-7-13-12(8-11)14(19)16(21)18-13/h2-8H,1H3,(H,17,20)(H,18,19,21). The summed E-state index contributed by atoms with van der Waals surface area (Å²) in [4.78, 5) is 34.5. The van der Waals surface area contributed by atoms with E-state index in [-0.39, 0.29) is 5.91 Å². The molecule has 0 spiro atoms. The van der Waals surface area contributed by atoms with Crippen LogP contribution in [0.15, 0.2) is 42.5 Å². The molecule has 1 aliphatic heterocycles. The highest BCUT2D eigenvalue weighted by Crippen LogP contribution is 2.29. The lowest BCUT2D eigenvalue weighted by atomic mass is 10.00. The lowest BCUT2D eigenvalue weighted by Gasteiger charge is -2.05. The van der Waals surface area contributed by atoms with Crippen LogP contribution in [0.1, 0.15) is 20.7 Å². The first kappa shape index (κ1) is 13.1. The first-order chi connectivity index (χ1) is 10.1. The Morgan fingerprint density at radius 1 is 1.00 bits per heavy atom. The Morgan fingerprint density at radius 3 is 2.33 bits per heavy atom. The second-order valence-electron chi connectivity index (χ2n) is 4.70. The number of rotatable bonds is 2. The summed E-state index contributed by atoms with van der Waals surface area (Å²) >= 11 is 0. The van der Waals surface area contributed by atoms with E-state index in [1.807, 2.05) is 6.07 Å². The fraction of sp³-hybridized carbons (Fsp3) is 0.0625. The Kier molecular flexibility index (Phi) is 3.02. The van der Waals surface area contributed by atoms with Gasteiger partial charge in [-0.3, -0.25) is 14.4 Å². The van der Waals surface area contributed by atoms with Crippen molar-refractivity contribution in [2.75, 3.05) is 12.4 Å². The summed E-state index contributed by atoms with van der Waals surface area (Å²) < 4.78 is 0. The monoisotopic (exact) mass is 280 g/mol. The predicted molar refractivity (Wildman–Crippen MR) is 78.2 cm³/mol. The van der Waals surface area contributed by atoms with Crippen LogP contribution in [0.4, 0.5) is 5.69 Å². The molecule has 0 fully saturated rings. The molecule has 1 aliphatic rings. The number of carbonyl (C=O) groups is 3. The second-order valence-corrected chi connectivity index (χ2v) is 4.70. The van der Waals surface area contributed by atoms with Crippen LogP contribution in [0.3, 0.4) is 0 Å². The van der Waals surface area contributed by atoms with Gasteiger partial charge in [-0.05, 0) is 35.4 Å². The van der Waals surface area contributed by atoms with Crippen molar-refractivity contribution < 1.29 is 14.4 Å². The molecule has 0 aliphatic carbocycles. The van der Waals surface area contributed by atoms with E-state index in [1.54, 1.807) is 43.4 Å². The molecule has 21 heavy (non-hydrogen) atoms. The van der Waals surface area contributed by atoms with Crippen molar-refractivity contribution in [2.24, 2.45) is 0 Å². The van der Waals surface area contributed by atoms with Gasteiger partial charge in [-0.15, -0.1) is 0 Å². The van der Waals surface area contributed by atoms with Crippen LogP contribution in [0.2, 0.25) is 0 Å². The van der Waals surface area contributed by atoms with E-state index >= 15 is 0 Å². The maximum absolute atomic E-state index is 11.7. The maximum atomic E-state index is 11.7. The molecule has 2 aromatic carbocycles. The van der Waals surface area contributed by atoms with E-state index in [2.05, 4.69) is 10.6 Å². The van der Waals surface area contributed by atoms with Gasteiger partial charge in [-0.25, -0.2) is 0 Å². The normalized spacial score (nSPS) is 12.8. The average molecular weight is 280 g/mol. The molecule has 0 saturated carbocycles. The van der Waals surface area contributed by atoms with Gasteiger partial charge in [0.2, 0.25) is 0 Å². The first-order valence-corrected chi connectivity index (χ1v) is 6.42. The van der Waals surface area contributed by atoms with E-state index in [1.165, 1.54) is 0 Å². The van der Waals surface area contributed by atoms with E-state index in [0.717, 1.165) is 11.1 Å². The van der Waals surface area contributed by atoms with Gasteiger partial charge in [-0.2, -0.15) is 0 Å². The highest BCUT2D eigenvalue weighted by Gasteiger charge is 2.27. The Bertz CT molecular complexity index is 764. The fourth-order valence-corrected chi connectivity index (χ4v) is 2.28. The van der Waals surface area contributed by atoms with Gasteiger partial charge in [0.1, 0.15) is 0 Å². The Hall–Kier alpha value is -2.95. The molecule has 5 heteroatoms. The second kappa shape index (κ2) is 4.86. The van der Waals surface area contributed by atoms with Gasteiger partial charge in [-0.1, -0.05) is 18.2 Å². The van der Waals surface area contributed by atoms with Gasteiger partial charge in [0, 0.05) is 12.6 Å². The smallest absolute Gasteiger partial charge is 0.296 e.